The minimum Gasteiger partial charge on any atom is -0.463 e. The summed E-state index contributed by atoms with van der Waals surface area (Å²) in [7, 11) is 1.78. The van der Waals surface area contributed by atoms with Gasteiger partial charge < -0.3 is 9.64 Å². The lowest BCUT2D eigenvalue weighted by molar-refractivity contribution is 0.0169. The summed E-state index contributed by atoms with van der Waals surface area (Å²) in [5.41, 5.74) is 1.46. The zero-order chi connectivity index (χ0) is 13.4. The molecule has 0 bridgehead atoms. The molecular weight excluding hydrogens is 264 g/mol. The van der Waals surface area contributed by atoms with Gasteiger partial charge in [-0.1, -0.05) is 11.3 Å². The smallest absolute Gasteiger partial charge is 0.273 e. The molecule has 1 aliphatic rings. The van der Waals surface area contributed by atoms with Gasteiger partial charge in [0.05, 0.1) is 18.8 Å². The van der Waals surface area contributed by atoms with Crippen LogP contribution >= 0.6 is 11.3 Å². The number of thiazole rings is 1. The summed E-state index contributed by atoms with van der Waals surface area (Å²) >= 11 is 1.46. The van der Waals surface area contributed by atoms with Crippen LogP contribution in [0, 0.1) is 6.92 Å². The summed E-state index contributed by atoms with van der Waals surface area (Å²) in [5.74, 6) is 0.00193. The Kier molecular flexibility index (Phi) is 2.98. The molecular formula is C12H14N4O2S. The molecule has 0 aliphatic carbocycles. The van der Waals surface area contributed by atoms with Crippen LogP contribution < -0.4 is 4.74 Å². The Hall–Kier alpha value is -1.89. The second-order valence-corrected chi connectivity index (χ2v) is 5.40. The number of carbonyl (C=O) groups excluding carboxylic acids is 1. The molecule has 0 N–H and O–H groups in total. The molecule has 3 heterocycles. The van der Waals surface area contributed by atoms with Gasteiger partial charge in [-0.15, -0.1) is 0 Å². The van der Waals surface area contributed by atoms with E-state index in [0.717, 1.165) is 5.69 Å². The molecule has 1 amide bonds. The average molecular weight is 278 g/mol. The molecule has 100 valence electrons. The van der Waals surface area contributed by atoms with Crippen molar-refractivity contribution in [2.45, 2.75) is 13.0 Å². The SMILES string of the molecule is Cc1cc(C(=O)N2CC(Oc3nccs3)C2)n(C)n1. The molecule has 1 saturated heterocycles. The molecule has 7 heteroatoms. The summed E-state index contributed by atoms with van der Waals surface area (Å²) in [5, 5.41) is 6.71. The van der Waals surface area contributed by atoms with Crippen LogP contribution in [0.15, 0.2) is 17.6 Å². The van der Waals surface area contributed by atoms with Crippen LogP contribution in [-0.2, 0) is 7.05 Å². The van der Waals surface area contributed by atoms with E-state index in [4.69, 9.17) is 4.74 Å². The topological polar surface area (TPSA) is 60.3 Å². The van der Waals surface area contributed by atoms with Gasteiger partial charge >= 0.3 is 0 Å². The van der Waals surface area contributed by atoms with Crippen LogP contribution in [0.5, 0.6) is 5.19 Å². The molecule has 2 aromatic rings. The van der Waals surface area contributed by atoms with Gasteiger partial charge in [0.15, 0.2) is 0 Å². The lowest BCUT2D eigenvalue weighted by Crippen LogP contribution is -2.56. The molecule has 3 rings (SSSR count). The van der Waals surface area contributed by atoms with Crippen molar-refractivity contribution in [3.05, 3.63) is 29.0 Å². The maximum absolute atomic E-state index is 12.2. The largest absolute Gasteiger partial charge is 0.463 e. The number of aromatic nitrogens is 3. The molecule has 0 aromatic carbocycles. The molecule has 6 nitrogen and oxygen atoms in total. The third kappa shape index (κ3) is 2.33. The van der Waals surface area contributed by atoms with Gasteiger partial charge in [0.2, 0.25) is 0 Å². The highest BCUT2D eigenvalue weighted by atomic mass is 32.1. The molecule has 0 atom stereocenters. The van der Waals surface area contributed by atoms with E-state index in [9.17, 15) is 4.79 Å². The first-order valence-corrected chi connectivity index (χ1v) is 6.87. The predicted octanol–water partition coefficient (Wildman–Crippen LogP) is 1.09. The average Bonchev–Trinajstić information content (AvgIpc) is 2.92. The van der Waals surface area contributed by atoms with Crippen molar-refractivity contribution in [2.75, 3.05) is 13.1 Å². The quantitative estimate of drug-likeness (QED) is 0.843. The molecule has 0 saturated carbocycles. The molecule has 2 aromatic heterocycles. The van der Waals surface area contributed by atoms with Gasteiger partial charge in [0.1, 0.15) is 11.8 Å². The van der Waals surface area contributed by atoms with Gasteiger partial charge in [-0.25, -0.2) is 4.98 Å². The van der Waals surface area contributed by atoms with Crippen molar-refractivity contribution in [1.82, 2.24) is 19.7 Å². The highest BCUT2D eigenvalue weighted by Crippen LogP contribution is 2.21. The summed E-state index contributed by atoms with van der Waals surface area (Å²) in [6.45, 7) is 3.08. The fraction of sp³-hybridized carbons (Fsp3) is 0.417. The van der Waals surface area contributed by atoms with Crippen LogP contribution in [0.25, 0.3) is 0 Å². The van der Waals surface area contributed by atoms with Crippen molar-refractivity contribution in [3.63, 3.8) is 0 Å². The van der Waals surface area contributed by atoms with Crippen LogP contribution in [0.3, 0.4) is 0 Å². The van der Waals surface area contributed by atoms with E-state index in [1.807, 2.05) is 12.3 Å². The maximum Gasteiger partial charge on any atom is 0.273 e. The molecule has 1 aliphatic heterocycles. The monoisotopic (exact) mass is 278 g/mol. The zero-order valence-corrected chi connectivity index (χ0v) is 11.6. The molecule has 0 radical (unpaired) electrons. The van der Waals surface area contributed by atoms with Gasteiger partial charge in [0, 0.05) is 18.6 Å². The minimum absolute atomic E-state index is 0.00193. The van der Waals surface area contributed by atoms with E-state index in [2.05, 4.69) is 10.1 Å². The number of hydrogen-bond acceptors (Lipinski definition) is 5. The molecule has 0 unspecified atom stereocenters. The molecule has 19 heavy (non-hydrogen) atoms. The van der Waals surface area contributed by atoms with Crippen molar-refractivity contribution >= 4 is 17.2 Å². The summed E-state index contributed by atoms with van der Waals surface area (Å²) in [6, 6.07) is 1.80. The lowest BCUT2D eigenvalue weighted by atomic mass is 10.1. The standard InChI is InChI=1S/C12H14N4O2S/c1-8-5-10(15(2)14-8)11(17)16-6-9(7-16)18-12-13-3-4-19-12/h3-5,9H,6-7H2,1-2H3. The first kappa shape index (κ1) is 12.2. The third-order valence-electron chi connectivity index (χ3n) is 3.03. The van der Waals surface area contributed by atoms with Gasteiger partial charge in [-0.3, -0.25) is 9.48 Å². The highest BCUT2D eigenvalue weighted by Gasteiger charge is 2.34. The highest BCUT2D eigenvalue weighted by molar-refractivity contribution is 7.11. The fourth-order valence-corrected chi connectivity index (χ4v) is 2.61. The number of likely N-dealkylation sites (tertiary alicyclic amines) is 1. The normalized spacial score (nSPS) is 15.4. The number of carbonyl (C=O) groups is 1. The predicted molar refractivity (Wildman–Crippen MR) is 70.4 cm³/mol. The number of rotatable bonds is 3. The molecule has 0 spiro atoms. The lowest BCUT2D eigenvalue weighted by Gasteiger charge is -2.38. The van der Waals surface area contributed by atoms with Crippen LogP contribution in [0.1, 0.15) is 16.2 Å². The van der Waals surface area contributed by atoms with E-state index in [-0.39, 0.29) is 12.0 Å². The number of ether oxygens (including phenoxy) is 1. The fourth-order valence-electron chi connectivity index (χ4n) is 2.06. The second-order valence-electron chi connectivity index (χ2n) is 4.54. The van der Waals surface area contributed by atoms with Crippen LogP contribution in [0.2, 0.25) is 0 Å². The maximum atomic E-state index is 12.2. The van der Waals surface area contributed by atoms with E-state index in [0.29, 0.717) is 24.0 Å². The second kappa shape index (κ2) is 4.65. The first-order valence-electron chi connectivity index (χ1n) is 5.99. The van der Waals surface area contributed by atoms with Gasteiger partial charge in [-0.2, -0.15) is 5.10 Å². The van der Waals surface area contributed by atoms with E-state index < -0.39 is 0 Å². The van der Waals surface area contributed by atoms with Crippen LogP contribution in [-0.4, -0.2) is 44.8 Å². The number of amides is 1. The Morgan fingerprint density at radius 1 is 1.53 bits per heavy atom. The van der Waals surface area contributed by atoms with Crippen molar-refractivity contribution < 1.29 is 9.53 Å². The Balaban J connectivity index is 1.58. The van der Waals surface area contributed by atoms with E-state index in [1.54, 1.807) is 28.9 Å². The summed E-state index contributed by atoms with van der Waals surface area (Å²) < 4.78 is 7.25. The van der Waals surface area contributed by atoms with Gasteiger partial charge in [-0.05, 0) is 13.0 Å². The first-order chi connectivity index (χ1) is 9.13. The Bertz CT molecular complexity index is 587. The van der Waals surface area contributed by atoms with Crippen LogP contribution in [0.4, 0.5) is 0 Å². The number of aryl methyl sites for hydroxylation is 2. The van der Waals surface area contributed by atoms with Crippen molar-refractivity contribution in [3.8, 4) is 5.19 Å². The number of hydrogen-bond donors (Lipinski definition) is 0. The van der Waals surface area contributed by atoms with E-state index in [1.165, 1.54) is 11.3 Å². The van der Waals surface area contributed by atoms with Crippen molar-refractivity contribution in [1.29, 1.82) is 0 Å². The zero-order valence-electron chi connectivity index (χ0n) is 10.7. The Labute approximate surface area is 114 Å². The Morgan fingerprint density at radius 2 is 2.32 bits per heavy atom. The summed E-state index contributed by atoms with van der Waals surface area (Å²) in [6.07, 6.45) is 1.75. The minimum atomic E-state index is 0.00193. The van der Waals surface area contributed by atoms with Gasteiger partial charge in [0.25, 0.3) is 11.1 Å². The van der Waals surface area contributed by atoms with Crippen molar-refractivity contribution in [2.24, 2.45) is 7.05 Å². The number of nitrogens with zero attached hydrogens (tertiary/aromatic N) is 4. The summed E-state index contributed by atoms with van der Waals surface area (Å²) in [4.78, 5) is 18.0. The third-order valence-corrected chi connectivity index (χ3v) is 3.69. The molecule has 1 fully saturated rings. The van der Waals surface area contributed by atoms with E-state index >= 15 is 0 Å². The Morgan fingerprint density at radius 3 is 2.89 bits per heavy atom.